The quantitative estimate of drug-likeness (QED) is 0.444. The predicted octanol–water partition coefficient (Wildman–Crippen LogP) is -0.287. The van der Waals surface area contributed by atoms with Crippen LogP contribution in [0.3, 0.4) is 0 Å². The Labute approximate surface area is 54.7 Å². The first-order valence-electron chi connectivity index (χ1n) is 2.99. The second-order valence-corrected chi connectivity index (χ2v) is 2.00. The van der Waals surface area contributed by atoms with Crippen LogP contribution in [0.2, 0.25) is 0 Å². The summed E-state index contributed by atoms with van der Waals surface area (Å²) in [4.78, 5) is 0. The average Bonchev–Trinajstić information content (AvgIpc) is 2.33. The van der Waals surface area contributed by atoms with Gasteiger partial charge < -0.3 is 16.0 Å². The van der Waals surface area contributed by atoms with Crippen molar-refractivity contribution in [2.24, 2.45) is 0 Å². The Morgan fingerprint density at radius 3 is 2.89 bits per heavy atom. The van der Waals surface area contributed by atoms with E-state index in [1.54, 1.807) is 0 Å². The van der Waals surface area contributed by atoms with Crippen molar-refractivity contribution in [1.29, 1.82) is 5.41 Å². The van der Waals surface area contributed by atoms with Gasteiger partial charge in [0.25, 0.3) is 0 Å². The van der Waals surface area contributed by atoms with E-state index in [1.807, 2.05) is 7.05 Å². The largest absolute Gasteiger partial charge is 0.390 e. The van der Waals surface area contributed by atoms with E-state index in [-0.39, 0.29) is 0 Å². The molecule has 0 unspecified atom stereocenters. The fraction of sp³-hybridized carbons (Fsp3) is 0.500. The van der Waals surface area contributed by atoms with Crippen molar-refractivity contribution >= 4 is 6.21 Å². The second kappa shape index (κ2) is 2.64. The van der Waals surface area contributed by atoms with E-state index in [0.29, 0.717) is 0 Å². The molecule has 0 saturated heterocycles. The fourth-order valence-corrected chi connectivity index (χ4v) is 0.929. The van der Waals surface area contributed by atoms with E-state index in [2.05, 4.69) is 10.6 Å². The number of rotatable bonds is 2. The third-order valence-corrected chi connectivity index (χ3v) is 1.48. The molecule has 1 aliphatic rings. The fourth-order valence-electron chi connectivity index (χ4n) is 0.929. The van der Waals surface area contributed by atoms with Crippen LogP contribution in [0.15, 0.2) is 11.3 Å². The Morgan fingerprint density at radius 2 is 2.44 bits per heavy atom. The molecule has 50 valence electrons. The Kier molecular flexibility index (Phi) is 1.85. The molecule has 0 saturated carbocycles. The van der Waals surface area contributed by atoms with E-state index in [1.165, 1.54) is 6.21 Å². The highest BCUT2D eigenvalue weighted by Gasteiger charge is 2.08. The highest BCUT2D eigenvalue weighted by atomic mass is 15.0. The molecule has 1 aliphatic heterocycles. The van der Waals surface area contributed by atoms with E-state index in [4.69, 9.17) is 5.41 Å². The summed E-state index contributed by atoms with van der Waals surface area (Å²) in [7, 11) is 1.88. The smallest absolute Gasteiger partial charge is 0.0360 e. The van der Waals surface area contributed by atoms with Crippen molar-refractivity contribution in [2.75, 3.05) is 20.1 Å². The van der Waals surface area contributed by atoms with Gasteiger partial charge in [-0.05, 0) is 0 Å². The van der Waals surface area contributed by atoms with Gasteiger partial charge in [-0.15, -0.1) is 0 Å². The van der Waals surface area contributed by atoms with E-state index < -0.39 is 0 Å². The molecule has 3 heteroatoms. The lowest BCUT2D eigenvalue weighted by Gasteiger charge is -1.98. The van der Waals surface area contributed by atoms with Gasteiger partial charge in [0.1, 0.15) is 0 Å². The van der Waals surface area contributed by atoms with Crippen LogP contribution in [0.25, 0.3) is 0 Å². The Hall–Kier alpha value is -0.830. The molecule has 3 nitrogen and oxygen atoms in total. The Balaban J connectivity index is 2.69. The zero-order chi connectivity index (χ0) is 6.69. The molecular weight excluding hydrogens is 114 g/mol. The maximum atomic E-state index is 6.97. The molecule has 0 aliphatic carbocycles. The predicted molar refractivity (Wildman–Crippen MR) is 37.7 cm³/mol. The topological polar surface area (TPSA) is 47.9 Å². The lowest BCUT2D eigenvalue weighted by Crippen LogP contribution is -2.14. The van der Waals surface area contributed by atoms with Crippen LogP contribution in [0.1, 0.15) is 0 Å². The minimum Gasteiger partial charge on any atom is -0.390 e. The molecule has 0 amide bonds. The van der Waals surface area contributed by atoms with Crippen molar-refractivity contribution in [3.63, 3.8) is 0 Å². The molecule has 0 atom stereocenters. The molecule has 0 fully saturated rings. The summed E-state index contributed by atoms with van der Waals surface area (Å²) in [6.07, 6.45) is 1.39. The van der Waals surface area contributed by atoms with Crippen molar-refractivity contribution in [1.82, 2.24) is 10.6 Å². The Morgan fingerprint density at radius 1 is 1.67 bits per heavy atom. The van der Waals surface area contributed by atoms with Gasteiger partial charge in [0.2, 0.25) is 0 Å². The van der Waals surface area contributed by atoms with Gasteiger partial charge >= 0.3 is 0 Å². The summed E-state index contributed by atoms with van der Waals surface area (Å²) in [5.41, 5.74) is 2.21. The maximum Gasteiger partial charge on any atom is 0.0360 e. The summed E-state index contributed by atoms with van der Waals surface area (Å²) < 4.78 is 0. The van der Waals surface area contributed by atoms with E-state index >= 15 is 0 Å². The van der Waals surface area contributed by atoms with Gasteiger partial charge in [-0.2, -0.15) is 0 Å². The zero-order valence-corrected chi connectivity index (χ0v) is 5.49. The molecule has 9 heavy (non-hydrogen) atoms. The van der Waals surface area contributed by atoms with E-state index in [9.17, 15) is 0 Å². The molecule has 0 spiro atoms. The molecule has 0 aromatic heterocycles. The first kappa shape index (κ1) is 6.29. The lowest BCUT2D eigenvalue weighted by molar-refractivity contribution is 0.833. The SMILES string of the molecule is CNC1=C(C=N)CNC1. The van der Waals surface area contributed by atoms with Crippen molar-refractivity contribution in [3.05, 3.63) is 11.3 Å². The van der Waals surface area contributed by atoms with Crippen LogP contribution >= 0.6 is 0 Å². The van der Waals surface area contributed by atoms with Gasteiger partial charge in [-0.1, -0.05) is 0 Å². The van der Waals surface area contributed by atoms with Gasteiger partial charge in [0.05, 0.1) is 0 Å². The molecule has 1 heterocycles. The van der Waals surface area contributed by atoms with Gasteiger partial charge in [0.15, 0.2) is 0 Å². The summed E-state index contributed by atoms with van der Waals surface area (Å²) in [6.45, 7) is 1.71. The van der Waals surface area contributed by atoms with E-state index in [0.717, 1.165) is 24.4 Å². The number of hydrogen-bond acceptors (Lipinski definition) is 3. The molecule has 3 N–H and O–H groups in total. The first-order valence-corrected chi connectivity index (χ1v) is 2.99. The second-order valence-electron chi connectivity index (χ2n) is 2.00. The zero-order valence-electron chi connectivity index (χ0n) is 5.49. The summed E-state index contributed by atoms with van der Waals surface area (Å²) in [5, 5.41) is 13.1. The van der Waals surface area contributed by atoms with Crippen LogP contribution in [-0.4, -0.2) is 26.4 Å². The van der Waals surface area contributed by atoms with Gasteiger partial charge in [-0.25, -0.2) is 0 Å². The van der Waals surface area contributed by atoms with Crippen LogP contribution < -0.4 is 10.6 Å². The average molecular weight is 125 g/mol. The minimum atomic E-state index is 0.833. The third kappa shape index (κ3) is 1.10. The Bertz CT molecular complexity index is 148. The summed E-state index contributed by atoms with van der Waals surface area (Å²) in [6, 6.07) is 0. The van der Waals surface area contributed by atoms with Crippen molar-refractivity contribution < 1.29 is 0 Å². The van der Waals surface area contributed by atoms with Crippen LogP contribution in [-0.2, 0) is 0 Å². The molecule has 0 aromatic carbocycles. The van der Waals surface area contributed by atoms with Gasteiger partial charge in [-0.3, -0.25) is 0 Å². The number of nitrogens with one attached hydrogen (secondary N) is 3. The lowest BCUT2D eigenvalue weighted by atomic mass is 10.3. The summed E-state index contributed by atoms with van der Waals surface area (Å²) in [5.74, 6) is 0. The third-order valence-electron chi connectivity index (χ3n) is 1.48. The molecule has 0 aromatic rings. The molecular formula is C6H11N3. The van der Waals surface area contributed by atoms with Gasteiger partial charge in [0, 0.05) is 37.6 Å². The monoisotopic (exact) mass is 125 g/mol. The highest BCUT2D eigenvalue weighted by Crippen LogP contribution is 2.01. The highest BCUT2D eigenvalue weighted by molar-refractivity contribution is 5.78. The van der Waals surface area contributed by atoms with Crippen molar-refractivity contribution in [3.8, 4) is 0 Å². The number of likely N-dealkylation sites (N-methyl/N-ethyl adjacent to an activating group) is 1. The number of hydrogen-bond donors (Lipinski definition) is 3. The minimum absolute atomic E-state index is 0.833. The normalized spacial score (nSPS) is 18.3. The standard InChI is InChI=1S/C6H11N3/c1-8-6-4-9-3-5(6)2-7/h2,7-9H,3-4H2,1H3. The molecule has 0 bridgehead atoms. The molecule has 0 radical (unpaired) electrons. The van der Waals surface area contributed by atoms with Crippen LogP contribution in [0.5, 0.6) is 0 Å². The van der Waals surface area contributed by atoms with Crippen molar-refractivity contribution in [2.45, 2.75) is 0 Å². The van der Waals surface area contributed by atoms with Crippen LogP contribution in [0.4, 0.5) is 0 Å². The van der Waals surface area contributed by atoms with Crippen LogP contribution in [0, 0.1) is 5.41 Å². The summed E-state index contributed by atoms with van der Waals surface area (Å²) >= 11 is 0. The maximum absolute atomic E-state index is 6.97. The first-order chi connectivity index (χ1) is 4.38. The molecule has 1 rings (SSSR count).